The van der Waals surface area contributed by atoms with Crippen molar-refractivity contribution in [3.8, 4) is 0 Å². The largest absolute Gasteiger partial charge is 0.481 e. The maximum absolute atomic E-state index is 11.6. The normalized spacial score (nSPS) is 11.7. The molecule has 3 amide bonds. The molecule has 0 aromatic rings. The van der Waals surface area contributed by atoms with Crippen molar-refractivity contribution >= 4 is 17.9 Å². The van der Waals surface area contributed by atoms with E-state index in [-0.39, 0.29) is 12.6 Å². The maximum Gasteiger partial charge on any atom is 0.317 e. The minimum absolute atomic E-state index is 0.117. The Labute approximate surface area is 106 Å². The summed E-state index contributed by atoms with van der Waals surface area (Å²) in [5, 5.41) is 11.3. The van der Waals surface area contributed by atoms with Gasteiger partial charge in [0.05, 0.1) is 5.92 Å². The zero-order valence-corrected chi connectivity index (χ0v) is 10.8. The second kappa shape index (κ2) is 8.32. The Morgan fingerprint density at radius 1 is 1.39 bits per heavy atom. The van der Waals surface area contributed by atoms with Crippen LogP contribution in [0.25, 0.3) is 0 Å². The summed E-state index contributed by atoms with van der Waals surface area (Å²) in [7, 11) is 0. The van der Waals surface area contributed by atoms with Crippen LogP contribution in [0.5, 0.6) is 0 Å². The fraction of sp³-hybridized carbons (Fsp3) is 0.727. The Morgan fingerprint density at radius 3 is 2.44 bits per heavy atom. The van der Waals surface area contributed by atoms with Gasteiger partial charge in [0.2, 0.25) is 5.91 Å². The molecule has 1 atom stereocenters. The van der Waals surface area contributed by atoms with E-state index < -0.39 is 17.8 Å². The monoisotopic (exact) mass is 259 g/mol. The summed E-state index contributed by atoms with van der Waals surface area (Å²) in [6, 6.07) is -0.362. The number of rotatable bonds is 8. The molecule has 104 valence electrons. The Bertz CT molecular complexity index is 307. The Morgan fingerprint density at radius 2 is 2.00 bits per heavy atom. The van der Waals surface area contributed by atoms with Crippen LogP contribution < -0.4 is 11.1 Å². The molecule has 0 aromatic heterocycles. The molecule has 0 saturated heterocycles. The molecule has 0 aliphatic carbocycles. The molecule has 4 N–H and O–H groups in total. The fourth-order valence-corrected chi connectivity index (χ4v) is 1.35. The van der Waals surface area contributed by atoms with Gasteiger partial charge in [0.15, 0.2) is 0 Å². The van der Waals surface area contributed by atoms with Crippen LogP contribution in [0.2, 0.25) is 0 Å². The van der Waals surface area contributed by atoms with Crippen LogP contribution in [0.3, 0.4) is 0 Å². The number of carboxylic acid groups (broad SMARTS) is 1. The molecule has 0 fully saturated rings. The topological polar surface area (TPSA) is 113 Å². The molecule has 18 heavy (non-hydrogen) atoms. The molecule has 0 aromatic carbocycles. The second-order valence-corrected chi connectivity index (χ2v) is 4.09. The molecule has 0 aliphatic rings. The van der Waals surface area contributed by atoms with E-state index in [1.165, 1.54) is 4.90 Å². The third kappa shape index (κ3) is 6.72. The van der Waals surface area contributed by atoms with Gasteiger partial charge in [-0.25, -0.2) is 4.79 Å². The van der Waals surface area contributed by atoms with Crippen LogP contribution in [0.1, 0.15) is 26.7 Å². The summed E-state index contributed by atoms with van der Waals surface area (Å²) >= 11 is 0. The molecule has 0 bridgehead atoms. The number of nitrogens with two attached hydrogens (primary N) is 1. The number of urea groups is 1. The standard InChI is InChI=1S/C11H21N3O4/c1-3-14(7-9(12)15)11(18)13-6-4-5-8(2)10(16)17/h8H,3-7H2,1-2H3,(H2,12,15)(H,13,18)(H,16,17). The third-order valence-electron chi connectivity index (χ3n) is 2.53. The van der Waals surface area contributed by atoms with Crippen molar-refractivity contribution < 1.29 is 19.5 Å². The van der Waals surface area contributed by atoms with Gasteiger partial charge in [0, 0.05) is 13.1 Å². The molecule has 1 unspecified atom stereocenters. The molecule has 0 aliphatic heterocycles. The number of hydrogen-bond donors (Lipinski definition) is 3. The Hall–Kier alpha value is -1.79. The van der Waals surface area contributed by atoms with Gasteiger partial charge in [0.25, 0.3) is 0 Å². The number of hydrogen-bond acceptors (Lipinski definition) is 3. The molecule has 0 radical (unpaired) electrons. The quantitative estimate of drug-likeness (QED) is 0.532. The molecule has 7 heteroatoms. The fourth-order valence-electron chi connectivity index (χ4n) is 1.35. The van der Waals surface area contributed by atoms with Gasteiger partial charge in [-0.2, -0.15) is 0 Å². The number of likely N-dealkylation sites (N-methyl/N-ethyl adjacent to an activating group) is 1. The van der Waals surface area contributed by atoms with E-state index in [2.05, 4.69) is 5.32 Å². The van der Waals surface area contributed by atoms with E-state index in [1.807, 2.05) is 0 Å². The van der Waals surface area contributed by atoms with Crippen molar-refractivity contribution in [1.82, 2.24) is 10.2 Å². The molecular weight excluding hydrogens is 238 g/mol. The van der Waals surface area contributed by atoms with Crippen LogP contribution in [-0.4, -0.2) is 47.5 Å². The van der Waals surface area contributed by atoms with E-state index >= 15 is 0 Å². The van der Waals surface area contributed by atoms with Crippen LogP contribution >= 0.6 is 0 Å². The number of aliphatic carboxylic acids is 1. The molecule has 0 spiro atoms. The summed E-state index contributed by atoms with van der Waals surface area (Å²) in [5.74, 6) is -1.83. The van der Waals surface area contributed by atoms with E-state index in [1.54, 1.807) is 13.8 Å². The van der Waals surface area contributed by atoms with Gasteiger partial charge in [-0.05, 0) is 19.8 Å². The Kier molecular flexibility index (Phi) is 7.50. The average Bonchev–Trinajstić information content (AvgIpc) is 2.30. The van der Waals surface area contributed by atoms with Crippen LogP contribution in [0.15, 0.2) is 0 Å². The van der Waals surface area contributed by atoms with Crippen molar-refractivity contribution in [1.29, 1.82) is 0 Å². The molecular formula is C11H21N3O4. The van der Waals surface area contributed by atoms with Crippen LogP contribution in [0.4, 0.5) is 4.79 Å². The van der Waals surface area contributed by atoms with Gasteiger partial charge in [-0.15, -0.1) is 0 Å². The first-order chi connectivity index (χ1) is 8.38. The van der Waals surface area contributed by atoms with E-state index in [0.717, 1.165) is 0 Å². The molecule has 0 heterocycles. The van der Waals surface area contributed by atoms with Gasteiger partial charge >= 0.3 is 12.0 Å². The first-order valence-electron chi connectivity index (χ1n) is 5.92. The number of amides is 3. The molecule has 0 rings (SSSR count). The first-order valence-corrected chi connectivity index (χ1v) is 5.92. The van der Waals surface area contributed by atoms with Crippen LogP contribution in [0, 0.1) is 5.92 Å². The highest BCUT2D eigenvalue weighted by Crippen LogP contribution is 2.04. The second-order valence-electron chi connectivity index (χ2n) is 4.09. The number of carbonyl (C=O) groups excluding carboxylic acids is 2. The number of carbonyl (C=O) groups is 3. The zero-order valence-electron chi connectivity index (χ0n) is 10.8. The van der Waals surface area contributed by atoms with E-state index in [9.17, 15) is 14.4 Å². The highest BCUT2D eigenvalue weighted by atomic mass is 16.4. The van der Waals surface area contributed by atoms with Crippen molar-refractivity contribution in [2.24, 2.45) is 11.7 Å². The average molecular weight is 259 g/mol. The van der Waals surface area contributed by atoms with E-state index in [4.69, 9.17) is 10.8 Å². The number of primary amides is 1. The lowest BCUT2D eigenvalue weighted by atomic mass is 10.1. The molecule has 7 nitrogen and oxygen atoms in total. The summed E-state index contributed by atoms with van der Waals surface area (Å²) < 4.78 is 0. The number of nitrogens with zero attached hydrogens (tertiary/aromatic N) is 1. The van der Waals surface area contributed by atoms with Crippen molar-refractivity contribution in [2.45, 2.75) is 26.7 Å². The smallest absolute Gasteiger partial charge is 0.317 e. The zero-order chi connectivity index (χ0) is 14.1. The van der Waals surface area contributed by atoms with Gasteiger partial charge in [-0.3, -0.25) is 9.59 Å². The van der Waals surface area contributed by atoms with Crippen molar-refractivity contribution in [3.05, 3.63) is 0 Å². The van der Waals surface area contributed by atoms with Gasteiger partial charge in [-0.1, -0.05) is 6.92 Å². The predicted molar refractivity (Wildman–Crippen MR) is 65.9 cm³/mol. The Balaban J connectivity index is 3.88. The van der Waals surface area contributed by atoms with Crippen LogP contribution in [-0.2, 0) is 9.59 Å². The number of nitrogens with one attached hydrogen (secondary N) is 1. The highest BCUT2D eigenvalue weighted by molar-refractivity contribution is 5.82. The lowest BCUT2D eigenvalue weighted by Gasteiger charge is -2.19. The van der Waals surface area contributed by atoms with Crippen molar-refractivity contribution in [2.75, 3.05) is 19.6 Å². The SMILES string of the molecule is CCN(CC(N)=O)C(=O)NCCCC(C)C(=O)O. The predicted octanol–water partition coefficient (Wildman–Crippen LogP) is 0.00410. The lowest BCUT2D eigenvalue weighted by molar-refractivity contribution is -0.141. The summed E-state index contributed by atoms with van der Waals surface area (Å²) in [6.45, 7) is 4.02. The molecule has 0 saturated carbocycles. The van der Waals surface area contributed by atoms with Crippen molar-refractivity contribution in [3.63, 3.8) is 0 Å². The lowest BCUT2D eigenvalue weighted by Crippen LogP contribution is -2.44. The maximum atomic E-state index is 11.6. The third-order valence-corrected chi connectivity index (χ3v) is 2.53. The first kappa shape index (κ1) is 16.2. The number of carboxylic acids is 1. The summed E-state index contributed by atoms with van der Waals surface area (Å²) in [5.41, 5.74) is 5.01. The summed E-state index contributed by atoms with van der Waals surface area (Å²) in [6.07, 6.45) is 1.07. The minimum Gasteiger partial charge on any atom is -0.481 e. The minimum atomic E-state index is -0.842. The summed E-state index contributed by atoms with van der Waals surface area (Å²) in [4.78, 5) is 34.1. The van der Waals surface area contributed by atoms with Gasteiger partial charge < -0.3 is 21.1 Å². The highest BCUT2D eigenvalue weighted by Gasteiger charge is 2.14. The van der Waals surface area contributed by atoms with E-state index in [0.29, 0.717) is 25.9 Å². The van der Waals surface area contributed by atoms with Gasteiger partial charge in [0.1, 0.15) is 6.54 Å².